The second-order valence-electron chi connectivity index (χ2n) is 5.30. The van der Waals surface area contributed by atoms with Gasteiger partial charge in [0.1, 0.15) is 0 Å². The van der Waals surface area contributed by atoms with Gasteiger partial charge in [0.05, 0.1) is 17.0 Å². The molecule has 2 aromatic carbocycles. The summed E-state index contributed by atoms with van der Waals surface area (Å²) >= 11 is 12.4. The maximum absolute atomic E-state index is 12.5. The highest BCUT2D eigenvalue weighted by molar-refractivity contribution is 6.39. The molecular weight excluding hydrogens is 347 g/mol. The molecule has 1 aliphatic heterocycles. The van der Waals surface area contributed by atoms with Crippen LogP contribution in [0.15, 0.2) is 53.5 Å². The Hall–Kier alpha value is -2.56. The number of nitrogens with one attached hydrogen (secondary N) is 1. The van der Waals surface area contributed by atoms with E-state index in [4.69, 9.17) is 23.2 Å². The number of aromatic amines is 1. The van der Waals surface area contributed by atoms with Gasteiger partial charge in [-0.3, -0.25) is 4.79 Å². The summed E-state index contributed by atoms with van der Waals surface area (Å²) in [5, 5.41) is 13.4. The number of H-pyrrole nitrogens is 1. The molecule has 4 nitrogen and oxygen atoms in total. The zero-order valence-corrected chi connectivity index (χ0v) is 13.7. The van der Waals surface area contributed by atoms with Crippen LogP contribution in [-0.4, -0.2) is 16.6 Å². The van der Waals surface area contributed by atoms with Crippen molar-refractivity contribution in [3.05, 3.63) is 75.3 Å². The van der Waals surface area contributed by atoms with Gasteiger partial charge in [0, 0.05) is 26.7 Å². The third kappa shape index (κ3) is 2.15. The fourth-order valence-corrected chi connectivity index (χ4v) is 3.30. The van der Waals surface area contributed by atoms with E-state index in [9.17, 15) is 9.90 Å². The van der Waals surface area contributed by atoms with Crippen LogP contribution in [0, 0.1) is 0 Å². The van der Waals surface area contributed by atoms with Gasteiger partial charge in [0.25, 0.3) is 5.91 Å². The first kappa shape index (κ1) is 15.0. The van der Waals surface area contributed by atoms with E-state index in [0.29, 0.717) is 32.6 Å². The summed E-state index contributed by atoms with van der Waals surface area (Å²) in [6.07, 6.45) is 0. The Morgan fingerprint density at radius 2 is 1.46 bits per heavy atom. The van der Waals surface area contributed by atoms with Crippen molar-refractivity contribution in [2.45, 2.75) is 0 Å². The highest BCUT2D eigenvalue weighted by atomic mass is 35.5. The number of aromatic nitrogens is 1. The molecule has 0 saturated heterocycles. The van der Waals surface area contributed by atoms with Gasteiger partial charge in [-0.1, -0.05) is 59.6 Å². The normalized spacial score (nSPS) is 13.1. The Bertz CT molecular complexity index is 1020. The quantitative estimate of drug-likeness (QED) is 0.753. The fraction of sp³-hybridized carbons (Fsp3) is 0. The van der Waals surface area contributed by atoms with Gasteiger partial charge in [-0.15, -0.1) is 0 Å². The molecule has 1 N–H and O–H groups in total. The highest BCUT2D eigenvalue weighted by Gasteiger charge is 2.31. The minimum Gasteiger partial charge on any atom is -0.860 e. The lowest BCUT2D eigenvalue weighted by Gasteiger charge is -2.09. The van der Waals surface area contributed by atoms with Crippen LogP contribution in [0.2, 0.25) is 10.0 Å². The molecule has 1 amide bonds. The molecule has 0 radical (unpaired) electrons. The lowest BCUT2D eigenvalue weighted by molar-refractivity contribution is -0.274. The first-order chi connectivity index (χ1) is 11.6. The number of benzene rings is 2. The standard InChI is InChI=1S/C18H10Cl2N2O2/c19-11-7-3-1-5-9(11)15-13-14(18(24)21-15)16(22-17(13)23)10-6-2-4-8-12(10)20/h1-8,21,24H/p-1. The van der Waals surface area contributed by atoms with Gasteiger partial charge in [0.15, 0.2) is 0 Å². The van der Waals surface area contributed by atoms with Crippen LogP contribution in [0.5, 0.6) is 5.88 Å². The monoisotopic (exact) mass is 355 g/mol. The number of nitrogens with zero attached hydrogens (tertiary/aromatic N) is 1. The maximum Gasteiger partial charge on any atom is 0.280 e. The molecule has 4 rings (SSSR count). The van der Waals surface area contributed by atoms with Gasteiger partial charge < -0.3 is 10.1 Å². The van der Waals surface area contributed by atoms with E-state index >= 15 is 0 Å². The Labute approximate surface area is 147 Å². The summed E-state index contributed by atoms with van der Waals surface area (Å²) in [5.74, 6) is -0.863. The van der Waals surface area contributed by atoms with Gasteiger partial charge in [-0.2, -0.15) is 0 Å². The molecule has 0 saturated carbocycles. The van der Waals surface area contributed by atoms with Gasteiger partial charge in [-0.05, 0) is 18.0 Å². The van der Waals surface area contributed by atoms with Crippen molar-refractivity contribution in [2.24, 2.45) is 4.99 Å². The summed E-state index contributed by atoms with van der Waals surface area (Å²) in [6, 6.07) is 14.0. The molecule has 118 valence electrons. The number of halogens is 2. The molecular formula is C18H9Cl2N2O2-. The van der Waals surface area contributed by atoms with Gasteiger partial charge in [-0.25, -0.2) is 4.99 Å². The molecule has 0 spiro atoms. The van der Waals surface area contributed by atoms with Crippen LogP contribution in [0.1, 0.15) is 21.5 Å². The molecule has 0 unspecified atom stereocenters. The van der Waals surface area contributed by atoms with E-state index < -0.39 is 5.91 Å². The van der Waals surface area contributed by atoms with E-state index in [2.05, 4.69) is 9.98 Å². The van der Waals surface area contributed by atoms with Crippen LogP contribution >= 0.6 is 23.2 Å². The molecule has 1 aliphatic rings. The zero-order chi connectivity index (χ0) is 16.8. The van der Waals surface area contributed by atoms with Crippen LogP contribution < -0.4 is 5.11 Å². The molecule has 0 fully saturated rings. The second-order valence-corrected chi connectivity index (χ2v) is 6.12. The summed E-state index contributed by atoms with van der Waals surface area (Å²) < 4.78 is 0. The zero-order valence-electron chi connectivity index (χ0n) is 12.1. The SMILES string of the molecule is O=C1N=C(c2ccccc2Cl)c2c([O-])[nH]c(-c3ccccc3Cl)c21. The number of hydrogen-bond donors (Lipinski definition) is 1. The summed E-state index contributed by atoms with van der Waals surface area (Å²) in [4.78, 5) is 19.2. The predicted molar refractivity (Wildman–Crippen MR) is 92.1 cm³/mol. The number of rotatable bonds is 2. The minimum atomic E-state index is -0.479. The van der Waals surface area contributed by atoms with E-state index in [0.717, 1.165) is 0 Å². The lowest BCUT2D eigenvalue weighted by atomic mass is 10.00. The Morgan fingerprint density at radius 3 is 2.08 bits per heavy atom. The van der Waals surface area contributed by atoms with Crippen molar-refractivity contribution in [3.63, 3.8) is 0 Å². The topological polar surface area (TPSA) is 68.3 Å². The number of fused-ring (bicyclic) bond motifs is 1. The first-order valence-electron chi connectivity index (χ1n) is 7.14. The molecule has 0 atom stereocenters. The molecule has 0 bridgehead atoms. The fourth-order valence-electron chi connectivity index (χ4n) is 2.84. The predicted octanol–water partition coefficient (Wildman–Crippen LogP) is 4.05. The van der Waals surface area contributed by atoms with Crippen LogP contribution in [0.4, 0.5) is 0 Å². The van der Waals surface area contributed by atoms with E-state index in [-0.39, 0.29) is 17.0 Å². The number of hydrogen-bond acceptors (Lipinski definition) is 2. The van der Waals surface area contributed by atoms with Crippen molar-refractivity contribution in [1.29, 1.82) is 0 Å². The third-order valence-electron chi connectivity index (χ3n) is 3.90. The molecule has 6 heteroatoms. The Morgan fingerprint density at radius 1 is 0.875 bits per heavy atom. The van der Waals surface area contributed by atoms with Gasteiger partial charge >= 0.3 is 0 Å². The average molecular weight is 356 g/mol. The largest absolute Gasteiger partial charge is 0.860 e. The third-order valence-corrected chi connectivity index (χ3v) is 4.56. The van der Waals surface area contributed by atoms with E-state index in [1.807, 2.05) is 0 Å². The maximum atomic E-state index is 12.5. The van der Waals surface area contributed by atoms with Gasteiger partial charge in [0.2, 0.25) is 0 Å². The highest BCUT2D eigenvalue weighted by Crippen LogP contribution is 2.39. The number of carbonyl (C=O) groups is 1. The molecule has 24 heavy (non-hydrogen) atoms. The number of amides is 1. The van der Waals surface area contributed by atoms with Crippen LogP contribution in [0.25, 0.3) is 11.3 Å². The molecule has 2 heterocycles. The molecule has 0 aliphatic carbocycles. The first-order valence-corrected chi connectivity index (χ1v) is 7.89. The average Bonchev–Trinajstić information content (AvgIpc) is 3.08. The van der Waals surface area contributed by atoms with Crippen LogP contribution in [0.3, 0.4) is 0 Å². The second kappa shape index (κ2) is 5.51. The van der Waals surface area contributed by atoms with E-state index in [1.165, 1.54) is 0 Å². The van der Waals surface area contributed by atoms with Crippen molar-refractivity contribution in [3.8, 4) is 17.1 Å². The van der Waals surface area contributed by atoms with Crippen molar-refractivity contribution < 1.29 is 9.90 Å². The summed E-state index contributed by atoms with van der Waals surface area (Å²) in [7, 11) is 0. The Balaban J connectivity index is 1.95. The molecule has 3 aromatic rings. The minimum absolute atomic E-state index is 0.239. The lowest BCUT2D eigenvalue weighted by Crippen LogP contribution is -2.04. The summed E-state index contributed by atoms with van der Waals surface area (Å²) in [6.45, 7) is 0. The van der Waals surface area contributed by atoms with Crippen molar-refractivity contribution in [2.75, 3.05) is 0 Å². The molecule has 1 aromatic heterocycles. The smallest absolute Gasteiger partial charge is 0.280 e. The number of aliphatic imine (C=N–C) groups is 1. The van der Waals surface area contributed by atoms with Crippen molar-refractivity contribution in [1.82, 2.24) is 4.98 Å². The number of carbonyl (C=O) groups excluding carboxylic acids is 1. The summed E-state index contributed by atoms with van der Waals surface area (Å²) in [5.41, 5.74) is 2.29. The van der Waals surface area contributed by atoms with E-state index in [1.54, 1.807) is 48.5 Å². The van der Waals surface area contributed by atoms with Crippen LogP contribution in [-0.2, 0) is 0 Å². The Kier molecular flexibility index (Phi) is 3.44. The van der Waals surface area contributed by atoms with Crippen molar-refractivity contribution >= 4 is 34.8 Å².